The van der Waals surface area contributed by atoms with Gasteiger partial charge in [-0.15, -0.1) is 0 Å². The molecule has 3 heteroatoms. The van der Waals surface area contributed by atoms with Gasteiger partial charge in [0.05, 0.1) is 18.0 Å². The Bertz CT molecular complexity index is 390. The van der Waals surface area contributed by atoms with Gasteiger partial charge < -0.3 is 10.1 Å². The molecule has 0 aromatic carbocycles. The first-order valence-corrected chi connectivity index (χ1v) is 8.08. The fourth-order valence-corrected chi connectivity index (χ4v) is 3.05. The molecule has 1 N–H and O–H groups in total. The molecular formula is C17H28N2O. The van der Waals surface area contributed by atoms with Crippen molar-refractivity contribution >= 4 is 0 Å². The lowest BCUT2D eigenvalue weighted by Crippen LogP contribution is -2.24. The summed E-state index contributed by atoms with van der Waals surface area (Å²) in [5, 5.41) is 3.45. The molecule has 1 aliphatic rings. The Morgan fingerprint density at radius 3 is 2.80 bits per heavy atom. The lowest BCUT2D eigenvalue weighted by Gasteiger charge is -2.27. The van der Waals surface area contributed by atoms with Crippen molar-refractivity contribution in [3.05, 3.63) is 24.0 Å². The first-order chi connectivity index (χ1) is 9.72. The van der Waals surface area contributed by atoms with Gasteiger partial charge in [-0.1, -0.05) is 27.2 Å². The molecule has 1 fully saturated rings. The lowest BCUT2D eigenvalue weighted by atomic mass is 9.89. The Kier molecular flexibility index (Phi) is 5.84. The zero-order valence-electron chi connectivity index (χ0n) is 13.1. The summed E-state index contributed by atoms with van der Waals surface area (Å²) in [6.45, 7) is 7.60. The zero-order valence-corrected chi connectivity index (χ0v) is 13.1. The van der Waals surface area contributed by atoms with Crippen LogP contribution in [0, 0.1) is 5.92 Å². The van der Waals surface area contributed by atoms with Crippen LogP contribution in [0.3, 0.4) is 0 Å². The Balaban J connectivity index is 1.93. The number of pyridine rings is 1. The Labute approximate surface area is 123 Å². The number of aromatic nitrogens is 1. The molecule has 0 saturated heterocycles. The van der Waals surface area contributed by atoms with Gasteiger partial charge in [0, 0.05) is 6.04 Å². The number of nitrogens with one attached hydrogen (secondary N) is 1. The van der Waals surface area contributed by atoms with Gasteiger partial charge in [-0.05, 0) is 50.3 Å². The summed E-state index contributed by atoms with van der Waals surface area (Å²) in [6, 6.07) is 4.52. The third kappa shape index (κ3) is 4.20. The maximum absolute atomic E-state index is 6.07. The van der Waals surface area contributed by atoms with Crippen LogP contribution in [-0.4, -0.2) is 17.6 Å². The summed E-state index contributed by atoms with van der Waals surface area (Å²) in [7, 11) is 0. The van der Waals surface area contributed by atoms with Crippen molar-refractivity contribution in [3.8, 4) is 5.75 Å². The highest BCUT2D eigenvalue weighted by atomic mass is 16.5. The second kappa shape index (κ2) is 7.63. The molecule has 0 radical (unpaired) electrons. The predicted molar refractivity (Wildman–Crippen MR) is 83.0 cm³/mol. The van der Waals surface area contributed by atoms with E-state index >= 15 is 0 Å². The topological polar surface area (TPSA) is 34.1 Å². The first kappa shape index (κ1) is 15.3. The molecule has 1 saturated carbocycles. The fraction of sp³-hybridized carbons (Fsp3) is 0.706. The molecule has 0 aliphatic heterocycles. The van der Waals surface area contributed by atoms with E-state index < -0.39 is 0 Å². The van der Waals surface area contributed by atoms with Crippen molar-refractivity contribution in [1.82, 2.24) is 10.3 Å². The van der Waals surface area contributed by atoms with Crippen LogP contribution in [0.4, 0.5) is 0 Å². The second-order valence-electron chi connectivity index (χ2n) is 5.95. The highest BCUT2D eigenvalue weighted by Gasteiger charge is 2.20. The van der Waals surface area contributed by atoms with Crippen molar-refractivity contribution in [3.63, 3.8) is 0 Å². The van der Waals surface area contributed by atoms with Crippen LogP contribution in [-0.2, 0) is 0 Å². The van der Waals surface area contributed by atoms with Crippen LogP contribution in [0.15, 0.2) is 18.3 Å². The van der Waals surface area contributed by atoms with Crippen molar-refractivity contribution in [2.75, 3.05) is 6.54 Å². The van der Waals surface area contributed by atoms with E-state index in [0.29, 0.717) is 12.1 Å². The summed E-state index contributed by atoms with van der Waals surface area (Å²) in [6.07, 6.45) is 8.31. The van der Waals surface area contributed by atoms with Crippen LogP contribution in [0.5, 0.6) is 5.75 Å². The summed E-state index contributed by atoms with van der Waals surface area (Å²) in [5.74, 6) is 1.71. The van der Waals surface area contributed by atoms with Crippen LogP contribution in [0.1, 0.15) is 64.6 Å². The highest BCUT2D eigenvalue weighted by Crippen LogP contribution is 2.27. The van der Waals surface area contributed by atoms with Crippen molar-refractivity contribution < 1.29 is 4.74 Å². The molecule has 3 nitrogen and oxygen atoms in total. The van der Waals surface area contributed by atoms with E-state index in [1.54, 1.807) is 0 Å². The van der Waals surface area contributed by atoms with Crippen molar-refractivity contribution in [2.45, 2.75) is 65.0 Å². The number of hydrogen-bond donors (Lipinski definition) is 1. The summed E-state index contributed by atoms with van der Waals surface area (Å²) >= 11 is 0. The van der Waals surface area contributed by atoms with E-state index in [4.69, 9.17) is 4.74 Å². The number of rotatable bonds is 6. The van der Waals surface area contributed by atoms with Crippen LogP contribution < -0.4 is 10.1 Å². The Morgan fingerprint density at radius 2 is 2.20 bits per heavy atom. The van der Waals surface area contributed by atoms with Crippen LogP contribution in [0.2, 0.25) is 0 Å². The van der Waals surface area contributed by atoms with Gasteiger partial charge in [0.15, 0.2) is 0 Å². The van der Waals surface area contributed by atoms with Gasteiger partial charge in [0.2, 0.25) is 0 Å². The van der Waals surface area contributed by atoms with E-state index in [0.717, 1.165) is 30.3 Å². The van der Waals surface area contributed by atoms with Gasteiger partial charge in [0.25, 0.3) is 0 Å². The molecule has 1 aliphatic carbocycles. The minimum Gasteiger partial charge on any atom is -0.489 e. The quantitative estimate of drug-likeness (QED) is 0.849. The number of hydrogen-bond acceptors (Lipinski definition) is 3. The maximum Gasteiger partial charge on any atom is 0.138 e. The van der Waals surface area contributed by atoms with E-state index in [-0.39, 0.29) is 0 Å². The lowest BCUT2D eigenvalue weighted by molar-refractivity contribution is 0.128. The van der Waals surface area contributed by atoms with Gasteiger partial charge >= 0.3 is 0 Å². The zero-order chi connectivity index (χ0) is 14.4. The molecule has 20 heavy (non-hydrogen) atoms. The molecule has 2 rings (SSSR count). The van der Waals surface area contributed by atoms with Crippen molar-refractivity contribution in [1.29, 1.82) is 0 Å². The summed E-state index contributed by atoms with van der Waals surface area (Å²) < 4.78 is 6.07. The van der Waals surface area contributed by atoms with E-state index in [9.17, 15) is 0 Å². The molecule has 112 valence electrons. The third-order valence-corrected chi connectivity index (χ3v) is 4.17. The molecule has 3 unspecified atom stereocenters. The number of nitrogens with zero attached hydrogens (tertiary/aromatic N) is 1. The third-order valence-electron chi connectivity index (χ3n) is 4.17. The maximum atomic E-state index is 6.07. The molecular weight excluding hydrogens is 248 g/mol. The average molecular weight is 276 g/mol. The van der Waals surface area contributed by atoms with Gasteiger partial charge in [-0.3, -0.25) is 4.98 Å². The van der Waals surface area contributed by atoms with E-state index in [1.807, 2.05) is 6.20 Å². The predicted octanol–water partition coefficient (Wildman–Crippen LogP) is 4.10. The van der Waals surface area contributed by atoms with E-state index in [2.05, 4.69) is 43.2 Å². The van der Waals surface area contributed by atoms with Gasteiger partial charge in [-0.2, -0.15) is 0 Å². The van der Waals surface area contributed by atoms with Gasteiger partial charge in [0.1, 0.15) is 5.75 Å². The fourth-order valence-electron chi connectivity index (χ4n) is 3.05. The van der Waals surface area contributed by atoms with Crippen LogP contribution >= 0.6 is 0 Å². The minimum atomic E-state index is 0.351. The summed E-state index contributed by atoms with van der Waals surface area (Å²) in [5.41, 5.74) is 1.11. The van der Waals surface area contributed by atoms with E-state index in [1.165, 1.54) is 25.7 Å². The molecule has 0 bridgehead atoms. The standard InChI is InChI=1S/C17H28N2O/c1-4-16(18-5-2)17-10-9-15(12-19-17)20-14-8-6-7-13(3)11-14/h9-10,12-14,16,18H,4-8,11H2,1-3H3. The Morgan fingerprint density at radius 1 is 1.35 bits per heavy atom. The number of ether oxygens (including phenoxy) is 1. The Hall–Kier alpha value is -1.09. The minimum absolute atomic E-state index is 0.351. The second-order valence-corrected chi connectivity index (χ2v) is 5.95. The highest BCUT2D eigenvalue weighted by molar-refractivity contribution is 5.22. The van der Waals surface area contributed by atoms with Crippen molar-refractivity contribution in [2.24, 2.45) is 5.92 Å². The molecule has 1 aromatic heterocycles. The molecule has 0 spiro atoms. The summed E-state index contributed by atoms with van der Waals surface area (Å²) in [4.78, 5) is 4.57. The van der Waals surface area contributed by atoms with Crippen LogP contribution in [0.25, 0.3) is 0 Å². The molecule has 1 heterocycles. The average Bonchev–Trinajstić information content (AvgIpc) is 2.46. The molecule has 1 aromatic rings. The largest absolute Gasteiger partial charge is 0.489 e. The SMILES string of the molecule is CCNC(CC)c1ccc(OC2CCCC(C)C2)cn1. The molecule has 0 amide bonds. The first-order valence-electron chi connectivity index (χ1n) is 8.08. The normalized spacial score (nSPS) is 24.4. The van der Waals surface area contributed by atoms with Gasteiger partial charge in [-0.25, -0.2) is 0 Å². The smallest absolute Gasteiger partial charge is 0.138 e. The monoisotopic (exact) mass is 276 g/mol. The molecule has 3 atom stereocenters.